The quantitative estimate of drug-likeness (QED) is 0.727. The number of anilines is 1. The minimum absolute atomic E-state index is 0.0481. The fourth-order valence-electron chi connectivity index (χ4n) is 2.35. The number of hydrogen-bond donors (Lipinski definition) is 1. The van der Waals surface area contributed by atoms with Crippen LogP contribution >= 0.6 is 0 Å². The Morgan fingerprint density at radius 1 is 1.23 bits per heavy atom. The van der Waals surface area contributed by atoms with Crippen molar-refractivity contribution in [2.75, 3.05) is 5.32 Å². The van der Waals surface area contributed by atoms with Crippen LogP contribution in [0.25, 0.3) is 5.65 Å². The van der Waals surface area contributed by atoms with Gasteiger partial charge in [0, 0.05) is 18.0 Å². The maximum absolute atomic E-state index is 13.6. The molecule has 6 nitrogen and oxygen atoms in total. The van der Waals surface area contributed by atoms with Gasteiger partial charge in [0.05, 0.1) is 5.69 Å². The van der Waals surface area contributed by atoms with Gasteiger partial charge in [0.1, 0.15) is 17.3 Å². The van der Waals surface area contributed by atoms with Crippen molar-refractivity contribution < 1.29 is 23.1 Å². The van der Waals surface area contributed by atoms with Crippen LogP contribution in [0.5, 0.6) is 0 Å². The summed E-state index contributed by atoms with van der Waals surface area (Å²) in [6, 6.07) is 8.13. The van der Waals surface area contributed by atoms with Gasteiger partial charge in [-0.3, -0.25) is 4.79 Å². The molecule has 1 aromatic carbocycles. The minimum atomic E-state index is -1.20. The Labute approximate surface area is 147 Å². The first-order chi connectivity index (χ1) is 12.3. The number of hydrogen-bond acceptors (Lipinski definition) is 4. The van der Waals surface area contributed by atoms with Gasteiger partial charge in [-0.15, -0.1) is 0 Å². The summed E-state index contributed by atoms with van der Waals surface area (Å²) in [4.78, 5) is 28.4. The van der Waals surface area contributed by atoms with Crippen molar-refractivity contribution in [2.24, 2.45) is 0 Å². The third kappa shape index (κ3) is 3.53. The van der Waals surface area contributed by atoms with Crippen LogP contribution in [-0.2, 0) is 9.53 Å². The first-order valence-electron chi connectivity index (χ1n) is 7.77. The van der Waals surface area contributed by atoms with Crippen LogP contribution < -0.4 is 5.32 Å². The number of pyridine rings is 1. The number of amides is 1. The van der Waals surface area contributed by atoms with E-state index in [1.54, 1.807) is 16.5 Å². The van der Waals surface area contributed by atoms with Gasteiger partial charge in [-0.25, -0.2) is 18.6 Å². The van der Waals surface area contributed by atoms with Crippen LogP contribution in [0.3, 0.4) is 0 Å². The van der Waals surface area contributed by atoms with Crippen molar-refractivity contribution in [3.63, 3.8) is 0 Å². The highest BCUT2D eigenvalue weighted by Crippen LogP contribution is 2.16. The molecule has 2 aromatic heterocycles. The highest BCUT2D eigenvalue weighted by molar-refractivity contribution is 5.97. The average molecular weight is 359 g/mol. The first-order valence-corrected chi connectivity index (χ1v) is 7.77. The Morgan fingerprint density at radius 2 is 2.00 bits per heavy atom. The summed E-state index contributed by atoms with van der Waals surface area (Å²) in [6.45, 7) is 3.20. The van der Waals surface area contributed by atoms with E-state index in [1.807, 2.05) is 13.0 Å². The predicted molar refractivity (Wildman–Crippen MR) is 89.8 cm³/mol. The van der Waals surface area contributed by atoms with Crippen LogP contribution in [0.4, 0.5) is 14.5 Å². The molecule has 2 heterocycles. The average Bonchev–Trinajstić information content (AvgIpc) is 3.03. The van der Waals surface area contributed by atoms with Crippen molar-refractivity contribution in [3.05, 3.63) is 65.6 Å². The van der Waals surface area contributed by atoms with Gasteiger partial charge in [0.2, 0.25) is 0 Å². The van der Waals surface area contributed by atoms with E-state index in [2.05, 4.69) is 10.3 Å². The van der Waals surface area contributed by atoms with Crippen LogP contribution in [0.1, 0.15) is 23.1 Å². The second-order valence-corrected chi connectivity index (χ2v) is 5.68. The lowest BCUT2D eigenvalue weighted by molar-refractivity contribution is -0.123. The number of fused-ring (bicyclic) bond motifs is 1. The summed E-state index contributed by atoms with van der Waals surface area (Å²) in [6.07, 6.45) is 0.315. The Balaban J connectivity index is 1.69. The zero-order valence-corrected chi connectivity index (χ0v) is 14.0. The largest absolute Gasteiger partial charge is 0.448 e. The summed E-state index contributed by atoms with van der Waals surface area (Å²) in [5.74, 6) is -3.21. The Bertz CT molecular complexity index is 1000. The summed E-state index contributed by atoms with van der Waals surface area (Å²) < 4.78 is 33.3. The van der Waals surface area contributed by atoms with Gasteiger partial charge in [0.25, 0.3) is 5.91 Å². The molecule has 26 heavy (non-hydrogen) atoms. The second kappa shape index (κ2) is 6.91. The molecule has 0 saturated heterocycles. The third-order valence-corrected chi connectivity index (χ3v) is 3.75. The molecule has 0 aliphatic heterocycles. The van der Waals surface area contributed by atoms with E-state index in [0.717, 1.165) is 17.8 Å². The number of ether oxygens (including phenoxy) is 1. The molecule has 0 spiro atoms. The first kappa shape index (κ1) is 17.5. The topological polar surface area (TPSA) is 72.7 Å². The number of carbonyl (C=O) groups excluding carboxylic acids is 2. The number of carbonyl (C=O) groups is 2. The van der Waals surface area contributed by atoms with Crippen molar-refractivity contribution in [2.45, 2.75) is 20.0 Å². The van der Waals surface area contributed by atoms with Crippen molar-refractivity contribution >= 4 is 23.2 Å². The second-order valence-electron chi connectivity index (χ2n) is 5.68. The molecule has 134 valence electrons. The summed E-state index contributed by atoms with van der Waals surface area (Å²) in [7, 11) is 0. The molecule has 1 N–H and O–H groups in total. The summed E-state index contributed by atoms with van der Waals surface area (Å²) in [5.41, 5.74) is 1.30. The molecule has 0 radical (unpaired) electrons. The number of aromatic nitrogens is 2. The number of halogens is 2. The molecular formula is C18H15F2N3O3. The highest BCUT2D eigenvalue weighted by atomic mass is 19.1. The van der Waals surface area contributed by atoms with Crippen LogP contribution in [-0.4, -0.2) is 27.4 Å². The van der Waals surface area contributed by atoms with Gasteiger partial charge >= 0.3 is 5.97 Å². The van der Waals surface area contributed by atoms with E-state index >= 15 is 0 Å². The normalized spacial score (nSPS) is 12.0. The highest BCUT2D eigenvalue weighted by Gasteiger charge is 2.22. The van der Waals surface area contributed by atoms with Crippen molar-refractivity contribution in [1.29, 1.82) is 0 Å². The lowest BCUT2D eigenvalue weighted by Gasteiger charge is -2.13. The lowest BCUT2D eigenvalue weighted by Crippen LogP contribution is -2.30. The van der Waals surface area contributed by atoms with E-state index in [4.69, 9.17) is 4.74 Å². The van der Waals surface area contributed by atoms with Gasteiger partial charge in [-0.2, -0.15) is 0 Å². The van der Waals surface area contributed by atoms with E-state index in [-0.39, 0.29) is 11.4 Å². The van der Waals surface area contributed by atoms with E-state index in [0.29, 0.717) is 11.7 Å². The Morgan fingerprint density at radius 3 is 2.69 bits per heavy atom. The van der Waals surface area contributed by atoms with Gasteiger partial charge in [-0.05, 0) is 38.1 Å². The predicted octanol–water partition coefficient (Wildman–Crippen LogP) is 3.10. The number of esters is 1. The molecule has 0 saturated carbocycles. The molecule has 3 aromatic rings. The number of nitrogens with zero attached hydrogens (tertiary/aromatic N) is 2. The van der Waals surface area contributed by atoms with Gasteiger partial charge < -0.3 is 14.5 Å². The number of aryl methyl sites for hydroxylation is 1. The van der Waals surface area contributed by atoms with Crippen LogP contribution in [0.2, 0.25) is 0 Å². The zero-order chi connectivity index (χ0) is 18.8. The molecule has 0 aliphatic carbocycles. The molecule has 0 aliphatic rings. The van der Waals surface area contributed by atoms with Crippen molar-refractivity contribution in [1.82, 2.24) is 9.38 Å². The Kier molecular flexibility index (Phi) is 4.66. The maximum Gasteiger partial charge on any atom is 0.359 e. The smallest absolute Gasteiger partial charge is 0.359 e. The van der Waals surface area contributed by atoms with Gasteiger partial charge in [0.15, 0.2) is 11.8 Å². The van der Waals surface area contributed by atoms with Gasteiger partial charge in [-0.1, -0.05) is 6.07 Å². The molecular weight excluding hydrogens is 344 g/mol. The minimum Gasteiger partial charge on any atom is -0.448 e. The van der Waals surface area contributed by atoms with E-state index in [9.17, 15) is 18.4 Å². The zero-order valence-electron chi connectivity index (χ0n) is 14.0. The molecule has 1 amide bonds. The van der Waals surface area contributed by atoms with E-state index < -0.39 is 29.6 Å². The molecule has 3 rings (SSSR count). The molecule has 0 fully saturated rings. The maximum atomic E-state index is 13.6. The summed E-state index contributed by atoms with van der Waals surface area (Å²) >= 11 is 0. The molecule has 8 heteroatoms. The fraction of sp³-hybridized carbons (Fsp3) is 0.167. The van der Waals surface area contributed by atoms with Crippen LogP contribution in [0, 0.1) is 18.6 Å². The van der Waals surface area contributed by atoms with Crippen LogP contribution in [0.15, 0.2) is 42.6 Å². The Hall–Kier alpha value is -3.29. The molecule has 0 bridgehead atoms. The lowest BCUT2D eigenvalue weighted by atomic mass is 10.2. The molecule has 1 atom stereocenters. The number of nitrogens with one attached hydrogen (secondary N) is 1. The standard InChI is InChI=1S/C18H15F2N3O3/c1-10-4-3-5-16-21-15(9-23(10)16)18(25)26-11(2)17(24)22-14-7-6-12(19)8-13(14)20/h3-9,11H,1-2H3,(H,22,24). The SMILES string of the molecule is Cc1cccc2nc(C(=O)OC(C)C(=O)Nc3ccc(F)cc3F)cn12. The number of imidazole rings is 1. The van der Waals surface area contributed by atoms with Crippen molar-refractivity contribution in [3.8, 4) is 0 Å². The fourth-order valence-corrected chi connectivity index (χ4v) is 2.35. The summed E-state index contributed by atoms with van der Waals surface area (Å²) in [5, 5.41) is 2.25. The third-order valence-electron chi connectivity index (χ3n) is 3.75. The van der Waals surface area contributed by atoms with E-state index in [1.165, 1.54) is 13.1 Å². The molecule has 1 unspecified atom stereocenters. The monoisotopic (exact) mass is 359 g/mol. The number of rotatable bonds is 4. The number of benzene rings is 1.